The fourth-order valence-corrected chi connectivity index (χ4v) is 2.89. The van der Waals surface area contributed by atoms with Crippen molar-refractivity contribution in [2.75, 3.05) is 26.3 Å². The molecular weight excluding hydrogens is 419 g/mol. The normalized spacial score (nSPS) is 12.0. The second kappa shape index (κ2) is 9.46. The van der Waals surface area contributed by atoms with E-state index >= 15 is 0 Å². The fourth-order valence-electron chi connectivity index (χ4n) is 1.62. The number of sulfonamides is 1. The summed E-state index contributed by atoms with van der Waals surface area (Å²) in [5.41, 5.74) is -0.574. The van der Waals surface area contributed by atoms with Crippen molar-refractivity contribution in [3.05, 3.63) is 28.5 Å². The molecule has 25 heavy (non-hydrogen) atoms. The Bertz CT molecular complexity index is 692. The maximum atomic E-state index is 13.4. The molecule has 1 aromatic rings. The Labute approximate surface area is 155 Å². The average molecular weight is 441 g/mol. The number of carbonyl (C=O) groups excluding carboxylic acids is 1. The Morgan fingerprint density at radius 3 is 2.48 bits per heavy atom. The molecule has 0 aliphatic heterocycles. The Hall–Kier alpha value is -1.23. The molecule has 0 unspecified atom stereocenters. The van der Waals surface area contributed by atoms with Crippen LogP contribution in [0.2, 0.25) is 0 Å². The zero-order valence-electron chi connectivity index (χ0n) is 14.3. The first-order chi connectivity index (χ1) is 11.5. The topological polar surface area (TPSA) is 93.7 Å². The van der Waals surface area contributed by atoms with Crippen LogP contribution in [0.5, 0.6) is 0 Å². The minimum Gasteiger partial charge on any atom is -0.444 e. The van der Waals surface area contributed by atoms with E-state index < -0.39 is 27.5 Å². The lowest BCUT2D eigenvalue weighted by atomic mass is 10.2. The van der Waals surface area contributed by atoms with E-state index in [2.05, 4.69) is 26.0 Å². The largest absolute Gasteiger partial charge is 0.444 e. The zero-order chi connectivity index (χ0) is 19.1. The molecular formula is C15H22BrFN2O5S. The smallest absolute Gasteiger partial charge is 0.407 e. The van der Waals surface area contributed by atoms with E-state index in [4.69, 9.17) is 9.47 Å². The van der Waals surface area contributed by atoms with Crippen LogP contribution in [0.25, 0.3) is 0 Å². The molecule has 1 rings (SSSR count). The van der Waals surface area contributed by atoms with Crippen LogP contribution in [0.4, 0.5) is 9.18 Å². The third-order valence-corrected chi connectivity index (χ3v) is 4.76. The molecule has 7 nitrogen and oxygen atoms in total. The van der Waals surface area contributed by atoms with Crippen LogP contribution in [0, 0.1) is 5.82 Å². The summed E-state index contributed by atoms with van der Waals surface area (Å²) >= 11 is 2.96. The molecule has 0 atom stereocenters. The van der Waals surface area contributed by atoms with Gasteiger partial charge in [0.25, 0.3) is 0 Å². The predicted octanol–water partition coefficient (Wildman–Crippen LogP) is 2.41. The first-order valence-electron chi connectivity index (χ1n) is 7.50. The minimum absolute atomic E-state index is 0.0203. The standard InChI is InChI=1S/C15H22BrFN2O5S/c1-15(2,3)24-14(20)18-6-8-23-9-7-19-25(21,22)11-4-5-12(16)13(17)10-11/h4-5,10,19H,6-9H2,1-3H3,(H,18,20). The highest BCUT2D eigenvalue weighted by Crippen LogP contribution is 2.19. The van der Waals surface area contributed by atoms with E-state index in [9.17, 15) is 17.6 Å². The molecule has 2 N–H and O–H groups in total. The Morgan fingerprint density at radius 2 is 1.88 bits per heavy atom. The summed E-state index contributed by atoms with van der Waals surface area (Å²) in [6.07, 6.45) is -0.547. The predicted molar refractivity (Wildman–Crippen MR) is 94.3 cm³/mol. The van der Waals surface area contributed by atoms with E-state index in [0.717, 1.165) is 6.07 Å². The van der Waals surface area contributed by atoms with Gasteiger partial charge in [0.15, 0.2) is 0 Å². The van der Waals surface area contributed by atoms with E-state index in [0.29, 0.717) is 0 Å². The van der Waals surface area contributed by atoms with Crippen LogP contribution < -0.4 is 10.0 Å². The van der Waals surface area contributed by atoms with Gasteiger partial charge in [-0.1, -0.05) is 0 Å². The first kappa shape index (κ1) is 21.8. The van der Waals surface area contributed by atoms with Gasteiger partial charge in [-0.15, -0.1) is 0 Å². The molecule has 10 heteroatoms. The van der Waals surface area contributed by atoms with Gasteiger partial charge in [0, 0.05) is 13.1 Å². The van der Waals surface area contributed by atoms with Crippen LogP contribution in [0.3, 0.4) is 0 Å². The molecule has 0 spiro atoms. The molecule has 0 heterocycles. The summed E-state index contributed by atoms with van der Waals surface area (Å²) in [6, 6.07) is 3.54. The van der Waals surface area contributed by atoms with Gasteiger partial charge in [-0.05, 0) is 54.9 Å². The third kappa shape index (κ3) is 8.61. The summed E-state index contributed by atoms with van der Waals surface area (Å²) in [7, 11) is -3.81. The van der Waals surface area contributed by atoms with E-state index in [1.165, 1.54) is 12.1 Å². The van der Waals surface area contributed by atoms with Crippen LogP contribution in [0.1, 0.15) is 20.8 Å². The average Bonchev–Trinajstić information content (AvgIpc) is 2.47. The number of benzene rings is 1. The summed E-state index contributed by atoms with van der Waals surface area (Å²) in [6.45, 7) is 5.83. The van der Waals surface area contributed by atoms with E-state index in [1.54, 1.807) is 20.8 Å². The van der Waals surface area contributed by atoms with Crippen molar-refractivity contribution >= 4 is 32.0 Å². The number of nitrogens with one attached hydrogen (secondary N) is 2. The maximum Gasteiger partial charge on any atom is 0.407 e. The van der Waals surface area contributed by atoms with Crippen molar-refractivity contribution in [1.29, 1.82) is 0 Å². The second-order valence-corrected chi connectivity index (χ2v) is 8.64. The molecule has 142 valence electrons. The van der Waals surface area contributed by atoms with Crippen LogP contribution in [-0.2, 0) is 19.5 Å². The zero-order valence-corrected chi connectivity index (χ0v) is 16.7. The van der Waals surface area contributed by atoms with Crippen molar-refractivity contribution in [3.8, 4) is 0 Å². The maximum absolute atomic E-state index is 13.4. The lowest BCUT2D eigenvalue weighted by molar-refractivity contribution is 0.0501. The molecule has 0 saturated heterocycles. The lowest BCUT2D eigenvalue weighted by Gasteiger charge is -2.19. The van der Waals surface area contributed by atoms with Crippen molar-refractivity contribution in [1.82, 2.24) is 10.0 Å². The fraction of sp³-hybridized carbons (Fsp3) is 0.533. The third-order valence-electron chi connectivity index (χ3n) is 2.65. The summed E-state index contributed by atoms with van der Waals surface area (Å²) in [4.78, 5) is 11.2. The summed E-state index contributed by atoms with van der Waals surface area (Å²) in [5, 5.41) is 2.51. The highest BCUT2D eigenvalue weighted by Gasteiger charge is 2.16. The van der Waals surface area contributed by atoms with Crippen LogP contribution in [0.15, 0.2) is 27.6 Å². The van der Waals surface area contributed by atoms with Crippen LogP contribution in [-0.4, -0.2) is 46.4 Å². The Kier molecular flexibility index (Phi) is 8.26. The van der Waals surface area contributed by atoms with Crippen molar-refractivity contribution in [3.63, 3.8) is 0 Å². The molecule has 0 bridgehead atoms. The van der Waals surface area contributed by atoms with Gasteiger partial charge in [0.2, 0.25) is 10.0 Å². The SMILES string of the molecule is CC(C)(C)OC(=O)NCCOCCNS(=O)(=O)c1ccc(Br)c(F)c1. The van der Waals surface area contributed by atoms with Gasteiger partial charge >= 0.3 is 6.09 Å². The van der Waals surface area contributed by atoms with E-state index in [-0.39, 0.29) is 35.7 Å². The first-order valence-corrected chi connectivity index (χ1v) is 9.78. The number of halogens is 2. The number of ether oxygens (including phenoxy) is 2. The monoisotopic (exact) mass is 440 g/mol. The highest BCUT2D eigenvalue weighted by molar-refractivity contribution is 9.10. The summed E-state index contributed by atoms with van der Waals surface area (Å²) in [5.74, 6) is -0.660. The molecule has 0 fully saturated rings. The number of hydrogen-bond donors (Lipinski definition) is 2. The van der Waals surface area contributed by atoms with Crippen molar-refractivity contribution in [2.45, 2.75) is 31.3 Å². The highest BCUT2D eigenvalue weighted by atomic mass is 79.9. The molecule has 0 aliphatic carbocycles. The van der Waals surface area contributed by atoms with Gasteiger partial charge in [-0.25, -0.2) is 22.3 Å². The van der Waals surface area contributed by atoms with E-state index in [1.807, 2.05) is 0 Å². The lowest BCUT2D eigenvalue weighted by Crippen LogP contribution is -2.34. The number of amides is 1. The Balaban J connectivity index is 2.25. The van der Waals surface area contributed by atoms with Crippen molar-refractivity contribution in [2.24, 2.45) is 0 Å². The minimum atomic E-state index is -3.81. The molecule has 0 saturated carbocycles. The van der Waals surface area contributed by atoms with Crippen molar-refractivity contribution < 1.29 is 27.1 Å². The van der Waals surface area contributed by atoms with Gasteiger partial charge in [0.05, 0.1) is 22.6 Å². The number of carbonyl (C=O) groups is 1. The quantitative estimate of drug-likeness (QED) is 0.605. The molecule has 0 aromatic heterocycles. The number of alkyl carbamates (subject to hydrolysis) is 1. The molecule has 1 amide bonds. The summed E-state index contributed by atoms with van der Waals surface area (Å²) < 4.78 is 50.1. The second-order valence-electron chi connectivity index (χ2n) is 6.01. The molecule has 0 radical (unpaired) electrons. The number of hydrogen-bond acceptors (Lipinski definition) is 5. The van der Waals surface area contributed by atoms with Crippen LogP contribution >= 0.6 is 15.9 Å². The van der Waals surface area contributed by atoms with Gasteiger partial charge < -0.3 is 14.8 Å². The van der Waals surface area contributed by atoms with Gasteiger partial charge in [-0.3, -0.25) is 0 Å². The molecule has 1 aromatic carbocycles. The number of rotatable bonds is 8. The Morgan fingerprint density at radius 1 is 1.24 bits per heavy atom. The molecule has 0 aliphatic rings. The van der Waals surface area contributed by atoms with Gasteiger partial charge in [0.1, 0.15) is 11.4 Å². The van der Waals surface area contributed by atoms with Gasteiger partial charge in [-0.2, -0.15) is 0 Å².